The number of nitrogens with two attached hydrogens (primary N) is 1. The molecule has 2 rings (SSSR count). The lowest BCUT2D eigenvalue weighted by Gasteiger charge is -2.34. The predicted molar refractivity (Wildman–Crippen MR) is 73.3 cm³/mol. The minimum absolute atomic E-state index is 0.166. The summed E-state index contributed by atoms with van der Waals surface area (Å²) in [4.78, 5) is 12.3. The highest BCUT2D eigenvalue weighted by Gasteiger charge is 2.30. The number of para-hydroxylation sites is 1. The second-order valence-electron chi connectivity index (χ2n) is 5.05. The molecule has 0 aliphatic carbocycles. The highest BCUT2D eigenvalue weighted by Crippen LogP contribution is 2.26. The Bertz CT molecular complexity index is 468. The number of amides is 1. The van der Waals surface area contributed by atoms with Crippen molar-refractivity contribution in [2.45, 2.75) is 25.3 Å². The van der Waals surface area contributed by atoms with Crippen molar-refractivity contribution in [1.29, 1.82) is 0 Å². The third kappa shape index (κ3) is 2.98. The number of nitrogens with one attached hydrogen (secondary N) is 1. The Balaban J connectivity index is 2.16. The molecular weight excluding hydrogens is 244 g/mol. The van der Waals surface area contributed by atoms with Crippen molar-refractivity contribution in [2.24, 2.45) is 0 Å². The Kier molecular flexibility index (Phi) is 3.95. The lowest BCUT2D eigenvalue weighted by atomic mass is 9.92. The monoisotopic (exact) mass is 264 g/mol. The lowest BCUT2D eigenvalue weighted by Crippen LogP contribution is -2.49. The maximum Gasteiger partial charge on any atom is 0.253 e. The Labute approximate surface area is 113 Å². The van der Waals surface area contributed by atoms with Crippen molar-refractivity contribution in [2.75, 3.05) is 26.1 Å². The van der Waals surface area contributed by atoms with Crippen LogP contribution < -0.4 is 15.8 Å². The predicted octanol–water partition coefficient (Wildman–Crippen LogP) is 1.58. The molecule has 1 aromatic carbocycles. The number of carbonyl (C=O) groups is 1. The van der Waals surface area contributed by atoms with Gasteiger partial charge in [-0.15, -0.1) is 0 Å². The summed E-state index contributed by atoms with van der Waals surface area (Å²) in [7, 11) is 1.53. The maximum absolute atomic E-state index is 12.3. The van der Waals surface area contributed by atoms with Gasteiger partial charge in [0.05, 0.1) is 18.4 Å². The first-order valence-electron chi connectivity index (χ1n) is 6.38. The van der Waals surface area contributed by atoms with Crippen LogP contribution in [0, 0.1) is 0 Å². The van der Waals surface area contributed by atoms with Crippen molar-refractivity contribution in [3.63, 3.8) is 0 Å². The van der Waals surface area contributed by atoms with Crippen LogP contribution in [0.3, 0.4) is 0 Å². The fraction of sp³-hybridized carbons (Fsp3) is 0.500. The quantitative estimate of drug-likeness (QED) is 0.813. The second kappa shape index (κ2) is 5.48. The van der Waals surface area contributed by atoms with E-state index in [9.17, 15) is 4.79 Å². The number of methoxy groups -OCH3 is 1. The van der Waals surface area contributed by atoms with E-state index in [1.54, 1.807) is 18.2 Å². The minimum atomic E-state index is -0.231. The van der Waals surface area contributed by atoms with Gasteiger partial charge in [0, 0.05) is 18.8 Å². The summed E-state index contributed by atoms with van der Waals surface area (Å²) in [6.07, 6.45) is 1.62. The summed E-state index contributed by atoms with van der Waals surface area (Å²) in [5.41, 5.74) is 6.53. The van der Waals surface area contributed by atoms with Crippen molar-refractivity contribution in [1.82, 2.24) is 5.32 Å². The van der Waals surface area contributed by atoms with Crippen LogP contribution >= 0.6 is 0 Å². The van der Waals surface area contributed by atoms with Gasteiger partial charge in [0.25, 0.3) is 5.91 Å². The van der Waals surface area contributed by atoms with Gasteiger partial charge >= 0.3 is 0 Å². The molecule has 1 amide bonds. The molecule has 1 aliphatic heterocycles. The Morgan fingerprint density at radius 2 is 2.11 bits per heavy atom. The summed E-state index contributed by atoms with van der Waals surface area (Å²) in [5, 5.41) is 3.05. The molecule has 0 radical (unpaired) electrons. The fourth-order valence-electron chi connectivity index (χ4n) is 2.21. The van der Waals surface area contributed by atoms with Crippen LogP contribution in [-0.4, -0.2) is 31.8 Å². The van der Waals surface area contributed by atoms with Crippen LogP contribution in [0.2, 0.25) is 0 Å². The third-order valence-corrected chi connectivity index (χ3v) is 3.54. The van der Waals surface area contributed by atoms with E-state index in [-0.39, 0.29) is 11.4 Å². The van der Waals surface area contributed by atoms with Gasteiger partial charge < -0.3 is 20.5 Å². The molecule has 0 aromatic heterocycles. The molecule has 1 aromatic rings. The highest BCUT2D eigenvalue weighted by atomic mass is 16.5. The Morgan fingerprint density at radius 3 is 2.74 bits per heavy atom. The molecule has 0 atom stereocenters. The fourth-order valence-corrected chi connectivity index (χ4v) is 2.21. The maximum atomic E-state index is 12.3. The zero-order valence-corrected chi connectivity index (χ0v) is 11.4. The Hall–Kier alpha value is -1.75. The van der Waals surface area contributed by atoms with Gasteiger partial charge in [0.1, 0.15) is 5.75 Å². The molecule has 0 saturated carbocycles. The first-order chi connectivity index (χ1) is 9.06. The number of rotatable bonds is 3. The number of hydrogen-bond donors (Lipinski definition) is 2. The standard InChI is InChI=1S/C14H20N2O3/c1-14(6-8-19-9-7-14)16-13(17)10-4-3-5-11(18-2)12(10)15/h3-5H,6-9,15H2,1-2H3,(H,16,17). The van der Waals surface area contributed by atoms with E-state index in [0.717, 1.165) is 12.8 Å². The van der Waals surface area contributed by atoms with E-state index >= 15 is 0 Å². The van der Waals surface area contributed by atoms with Crippen LogP contribution in [0.25, 0.3) is 0 Å². The first kappa shape index (κ1) is 13.7. The normalized spacial score (nSPS) is 17.8. The topological polar surface area (TPSA) is 73.6 Å². The molecule has 0 unspecified atom stereocenters. The van der Waals surface area contributed by atoms with Crippen LogP contribution in [0.4, 0.5) is 5.69 Å². The molecule has 3 N–H and O–H groups in total. The van der Waals surface area contributed by atoms with Gasteiger partial charge in [-0.3, -0.25) is 4.79 Å². The highest BCUT2D eigenvalue weighted by molar-refractivity contribution is 6.00. The SMILES string of the molecule is COc1cccc(C(=O)NC2(C)CCOCC2)c1N. The molecule has 1 aliphatic rings. The molecule has 1 heterocycles. The van der Waals surface area contributed by atoms with Crippen LogP contribution in [-0.2, 0) is 4.74 Å². The number of nitrogen functional groups attached to an aromatic ring is 1. The molecular formula is C14H20N2O3. The molecule has 1 fully saturated rings. The zero-order valence-electron chi connectivity index (χ0n) is 11.4. The van der Waals surface area contributed by atoms with Gasteiger partial charge in [-0.1, -0.05) is 6.07 Å². The number of carbonyl (C=O) groups excluding carboxylic acids is 1. The number of hydrogen-bond acceptors (Lipinski definition) is 4. The van der Waals surface area contributed by atoms with E-state index in [1.165, 1.54) is 7.11 Å². The van der Waals surface area contributed by atoms with Crippen LogP contribution in [0.1, 0.15) is 30.1 Å². The van der Waals surface area contributed by atoms with Crippen molar-refractivity contribution < 1.29 is 14.3 Å². The van der Waals surface area contributed by atoms with Crippen molar-refractivity contribution in [3.05, 3.63) is 23.8 Å². The lowest BCUT2D eigenvalue weighted by molar-refractivity contribution is 0.0423. The number of benzene rings is 1. The zero-order chi connectivity index (χ0) is 13.9. The molecule has 5 nitrogen and oxygen atoms in total. The second-order valence-corrected chi connectivity index (χ2v) is 5.05. The largest absolute Gasteiger partial charge is 0.495 e. The van der Waals surface area contributed by atoms with E-state index in [1.807, 2.05) is 6.92 Å². The first-order valence-corrected chi connectivity index (χ1v) is 6.38. The molecule has 0 spiro atoms. The third-order valence-electron chi connectivity index (χ3n) is 3.54. The van der Waals surface area contributed by atoms with Crippen LogP contribution in [0.5, 0.6) is 5.75 Å². The molecule has 19 heavy (non-hydrogen) atoms. The molecule has 104 valence electrons. The molecule has 0 bridgehead atoms. The number of anilines is 1. The van der Waals surface area contributed by atoms with Gasteiger partial charge in [-0.2, -0.15) is 0 Å². The summed E-state index contributed by atoms with van der Waals surface area (Å²) in [5.74, 6) is 0.352. The van der Waals surface area contributed by atoms with Crippen LogP contribution in [0.15, 0.2) is 18.2 Å². The van der Waals surface area contributed by atoms with Gasteiger partial charge in [0.2, 0.25) is 0 Å². The average Bonchev–Trinajstić information content (AvgIpc) is 2.39. The minimum Gasteiger partial charge on any atom is -0.495 e. The Morgan fingerprint density at radius 1 is 1.42 bits per heavy atom. The molecule has 1 saturated heterocycles. The van der Waals surface area contributed by atoms with E-state index < -0.39 is 0 Å². The van der Waals surface area contributed by atoms with Gasteiger partial charge in [0.15, 0.2) is 0 Å². The smallest absolute Gasteiger partial charge is 0.253 e. The summed E-state index contributed by atoms with van der Waals surface area (Å²) < 4.78 is 10.4. The van der Waals surface area contributed by atoms with E-state index in [0.29, 0.717) is 30.2 Å². The van der Waals surface area contributed by atoms with Crippen molar-refractivity contribution >= 4 is 11.6 Å². The molecule has 5 heteroatoms. The van der Waals surface area contributed by atoms with E-state index in [2.05, 4.69) is 5.32 Å². The van der Waals surface area contributed by atoms with E-state index in [4.69, 9.17) is 15.2 Å². The van der Waals surface area contributed by atoms with Gasteiger partial charge in [-0.05, 0) is 31.9 Å². The summed E-state index contributed by atoms with van der Waals surface area (Å²) in [6.45, 7) is 3.37. The summed E-state index contributed by atoms with van der Waals surface area (Å²) in [6, 6.07) is 5.20. The number of ether oxygens (including phenoxy) is 2. The summed E-state index contributed by atoms with van der Waals surface area (Å²) >= 11 is 0. The van der Waals surface area contributed by atoms with Gasteiger partial charge in [-0.25, -0.2) is 0 Å². The van der Waals surface area contributed by atoms with Crippen molar-refractivity contribution in [3.8, 4) is 5.75 Å². The average molecular weight is 264 g/mol.